The van der Waals surface area contributed by atoms with E-state index in [0.29, 0.717) is 0 Å². The number of hydrogen-bond acceptors (Lipinski definition) is 6. The van der Waals surface area contributed by atoms with Gasteiger partial charge in [-0.3, -0.25) is 9.59 Å². The summed E-state index contributed by atoms with van der Waals surface area (Å²) in [4.78, 5) is 22.1. The number of rotatable bonds is 3. The first-order valence-electron chi connectivity index (χ1n) is 6.88. The Kier molecular flexibility index (Phi) is 5.41. The maximum atomic E-state index is 12.7. The van der Waals surface area contributed by atoms with E-state index >= 15 is 0 Å². The van der Waals surface area contributed by atoms with Crippen molar-refractivity contribution in [2.45, 2.75) is 30.5 Å². The number of hydrogen-bond donors (Lipinski definition) is 1. The molecular formula is C14H16BrN3O4S2. The average molecular weight is 434 g/mol. The molecule has 10 heteroatoms. The molecular weight excluding hydrogens is 418 g/mol. The lowest BCUT2D eigenvalue weighted by atomic mass is 10.3. The molecule has 2 rings (SSSR count). The lowest BCUT2D eigenvalue weighted by Crippen LogP contribution is -2.45. The Labute approximate surface area is 152 Å². The summed E-state index contributed by atoms with van der Waals surface area (Å²) < 4.78 is 26.2. The molecule has 1 aromatic carbocycles. The largest absolute Gasteiger partial charge is 0.304 e. The number of hydrazone groups is 1. The first-order valence-corrected chi connectivity index (χ1v) is 10.1. The highest BCUT2D eigenvalue weighted by Crippen LogP contribution is 2.38. The van der Waals surface area contributed by atoms with E-state index in [1.807, 2.05) is 0 Å². The fraction of sp³-hybridized carbons (Fsp3) is 0.357. The van der Waals surface area contributed by atoms with E-state index in [1.54, 1.807) is 19.1 Å². The van der Waals surface area contributed by atoms with Crippen molar-refractivity contribution in [3.8, 4) is 0 Å². The van der Waals surface area contributed by atoms with Crippen molar-refractivity contribution in [1.29, 1.82) is 0 Å². The highest BCUT2D eigenvalue weighted by atomic mass is 79.9. The van der Waals surface area contributed by atoms with E-state index < -0.39 is 20.6 Å². The molecule has 2 amide bonds. The van der Waals surface area contributed by atoms with E-state index in [4.69, 9.17) is 0 Å². The molecule has 0 saturated carbocycles. The molecule has 0 unspecified atom stereocenters. The number of nitrogens with zero attached hydrogens (tertiary/aromatic N) is 2. The van der Waals surface area contributed by atoms with Crippen molar-refractivity contribution >= 4 is 54.5 Å². The monoisotopic (exact) mass is 433 g/mol. The van der Waals surface area contributed by atoms with Crippen LogP contribution in [0.15, 0.2) is 38.7 Å². The number of sulfone groups is 1. The van der Waals surface area contributed by atoms with E-state index in [9.17, 15) is 18.0 Å². The van der Waals surface area contributed by atoms with Crippen LogP contribution in [0.3, 0.4) is 0 Å². The zero-order chi connectivity index (χ0) is 18.1. The molecule has 0 saturated heterocycles. The maximum absolute atomic E-state index is 12.7. The third-order valence-corrected chi connectivity index (χ3v) is 6.95. The topological polar surface area (TPSA) is 95.9 Å². The molecule has 0 bridgehead atoms. The van der Waals surface area contributed by atoms with Crippen LogP contribution in [-0.2, 0) is 19.4 Å². The van der Waals surface area contributed by atoms with Crippen molar-refractivity contribution in [3.63, 3.8) is 0 Å². The summed E-state index contributed by atoms with van der Waals surface area (Å²) in [5.74, 6) is -1.08. The number of halogens is 1. The number of nitrogens with one attached hydrogen (secondary N) is 1. The van der Waals surface area contributed by atoms with E-state index in [2.05, 4.69) is 26.3 Å². The van der Waals surface area contributed by atoms with Gasteiger partial charge in [0.25, 0.3) is 0 Å². The van der Waals surface area contributed by atoms with Crippen LogP contribution in [-0.4, -0.2) is 41.0 Å². The summed E-state index contributed by atoms with van der Waals surface area (Å²) in [6, 6.07) is 6.27. The lowest BCUT2D eigenvalue weighted by molar-refractivity contribution is -0.131. The summed E-state index contributed by atoms with van der Waals surface area (Å²) in [7, 11) is -3.66. The number of amidine groups is 1. The Morgan fingerprint density at radius 3 is 2.38 bits per heavy atom. The maximum Gasteiger partial charge on any atom is 0.240 e. The molecule has 1 aromatic rings. The molecule has 0 spiro atoms. The first-order chi connectivity index (χ1) is 11.0. The third-order valence-electron chi connectivity index (χ3n) is 3.17. The van der Waals surface area contributed by atoms with Crippen LogP contribution < -0.4 is 5.32 Å². The molecule has 1 heterocycles. The van der Waals surface area contributed by atoms with Gasteiger partial charge in [0, 0.05) is 18.3 Å². The summed E-state index contributed by atoms with van der Waals surface area (Å²) in [5.41, 5.74) is 0. The molecule has 1 aliphatic rings. The van der Waals surface area contributed by atoms with Crippen molar-refractivity contribution in [1.82, 2.24) is 10.3 Å². The number of carbonyl (C=O) groups is 2. The van der Waals surface area contributed by atoms with Crippen molar-refractivity contribution in [2.75, 3.05) is 5.75 Å². The summed E-state index contributed by atoms with van der Waals surface area (Å²) >= 11 is 4.30. The molecule has 1 N–H and O–H groups in total. The number of benzene rings is 1. The zero-order valence-corrected chi connectivity index (χ0v) is 16.5. The van der Waals surface area contributed by atoms with Gasteiger partial charge in [0.15, 0.2) is 15.0 Å². The number of amides is 2. The normalized spacial score (nSPS) is 20.7. The second kappa shape index (κ2) is 6.85. The number of carbonyl (C=O) groups excluding carboxylic acids is 2. The SMILES string of the molecule is CC(=O)NC1=NN(C(C)=O)[C@](C)(CS(=O)(=O)c2ccc(Br)cc2)S1. The molecule has 0 aliphatic carbocycles. The van der Waals surface area contributed by atoms with Gasteiger partial charge in [-0.2, -0.15) is 0 Å². The van der Waals surface area contributed by atoms with Crippen LogP contribution in [0.2, 0.25) is 0 Å². The van der Waals surface area contributed by atoms with Gasteiger partial charge in [-0.25, -0.2) is 13.4 Å². The van der Waals surface area contributed by atoms with Crippen LogP contribution in [0, 0.1) is 0 Å². The van der Waals surface area contributed by atoms with Gasteiger partial charge in [-0.1, -0.05) is 27.7 Å². The molecule has 24 heavy (non-hydrogen) atoms. The van der Waals surface area contributed by atoms with Gasteiger partial charge >= 0.3 is 0 Å². The highest BCUT2D eigenvalue weighted by Gasteiger charge is 2.45. The van der Waals surface area contributed by atoms with Crippen LogP contribution >= 0.6 is 27.7 Å². The lowest BCUT2D eigenvalue weighted by Gasteiger charge is -2.30. The van der Waals surface area contributed by atoms with E-state index in [-0.39, 0.29) is 21.7 Å². The molecule has 1 atom stereocenters. The fourth-order valence-electron chi connectivity index (χ4n) is 2.24. The standard InChI is InChI=1S/C14H16BrN3O4S2/c1-9(19)16-13-17-18(10(2)20)14(3,23-13)8-24(21,22)12-6-4-11(15)5-7-12/h4-7H,8H2,1-3H3,(H,16,17,19)/t14-/m0/s1. The second-order valence-electron chi connectivity index (χ2n) is 5.41. The van der Waals surface area contributed by atoms with Crippen molar-refractivity contribution in [2.24, 2.45) is 5.10 Å². The summed E-state index contributed by atoms with van der Waals surface area (Å²) in [6.45, 7) is 4.22. The van der Waals surface area contributed by atoms with Crippen LogP contribution in [0.1, 0.15) is 20.8 Å². The predicted octanol–water partition coefficient (Wildman–Crippen LogP) is 1.94. The van der Waals surface area contributed by atoms with E-state index in [1.165, 1.54) is 26.0 Å². The summed E-state index contributed by atoms with van der Waals surface area (Å²) in [5, 5.41) is 7.82. The quantitative estimate of drug-likeness (QED) is 0.785. The molecule has 0 radical (unpaired) electrons. The Morgan fingerprint density at radius 2 is 1.88 bits per heavy atom. The Balaban J connectivity index is 2.30. The van der Waals surface area contributed by atoms with Gasteiger partial charge < -0.3 is 5.32 Å². The zero-order valence-electron chi connectivity index (χ0n) is 13.2. The smallest absolute Gasteiger partial charge is 0.240 e. The van der Waals surface area contributed by atoms with Crippen LogP contribution in [0.4, 0.5) is 0 Å². The first kappa shape index (κ1) is 18.9. The van der Waals surface area contributed by atoms with Gasteiger partial charge in [0.2, 0.25) is 11.8 Å². The minimum Gasteiger partial charge on any atom is -0.304 e. The molecule has 0 fully saturated rings. The Morgan fingerprint density at radius 1 is 1.29 bits per heavy atom. The Hall–Kier alpha value is -1.39. The Bertz CT molecular complexity index is 808. The minimum atomic E-state index is -3.66. The third kappa shape index (κ3) is 4.17. The summed E-state index contributed by atoms with van der Waals surface area (Å²) in [6.07, 6.45) is 0. The van der Waals surface area contributed by atoms with Gasteiger partial charge in [-0.05, 0) is 31.2 Å². The van der Waals surface area contributed by atoms with Crippen molar-refractivity contribution in [3.05, 3.63) is 28.7 Å². The minimum absolute atomic E-state index is 0.156. The van der Waals surface area contributed by atoms with Crippen LogP contribution in [0.5, 0.6) is 0 Å². The van der Waals surface area contributed by atoms with Crippen molar-refractivity contribution < 1.29 is 18.0 Å². The van der Waals surface area contributed by atoms with Gasteiger partial charge in [0.1, 0.15) is 4.87 Å². The van der Waals surface area contributed by atoms with Crippen LogP contribution in [0.25, 0.3) is 0 Å². The molecule has 130 valence electrons. The second-order valence-corrected chi connectivity index (χ2v) is 9.78. The number of thioether (sulfide) groups is 1. The predicted molar refractivity (Wildman–Crippen MR) is 96.0 cm³/mol. The van der Waals surface area contributed by atoms with E-state index in [0.717, 1.165) is 21.2 Å². The molecule has 7 nitrogen and oxygen atoms in total. The van der Waals surface area contributed by atoms with Gasteiger partial charge in [0.05, 0.1) is 10.6 Å². The molecule has 1 aliphatic heterocycles. The highest BCUT2D eigenvalue weighted by molar-refractivity contribution is 9.10. The molecule has 0 aromatic heterocycles. The average Bonchev–Trinajstić information content (AvgIpc) is 2.74. The fourth-order valence-corrected chi connectivity index (χ4v) is 5.74. The van der Waals surface area contributed by atoms with Gasteiger partial charge in [-0.15, -0.1) is 5.10 Å².